The molecule has 0 spiro atoms. The second kappa shape index (κ2) is 7.88. The second-order valence-corrected chi connectivity index (χ2v) is 6.35. The van der Waals surface area contributed by atoms with Gasteiger partial charge in [0.2, 0.25) is 0 Å². The molecule has 1 unspecified atom stereocenters. The molecule has 26 heavy (non-hydrogen) atoms. The Labute approximate surface area is 151 Å². The van der Waals surface area contributed by atoms with Crippen LogP contribution in [-0.4, -0.2) is 37.8 Å². The van der Waals surface area contributed by atoms with Gasteiger partial charge in [0.1, 0.15) is 6.33 Å². The topological polar surface area (TPSA) is 92.9 Å². The molecule has 3 rings (SSSR count). The van der Waals surface area contributed by atoms with Crippen molar-refractivity contribution in [1.29, 1.82) is 0 Å². The van der Waals surface area contributed by atoms with E-state index in [1.165, 1.54) is 16.6 Å². The first-order valence-electron chi connectivity index (χ1n) is 8.44. The van der Waals surface area contributed by atoms with E-state index in [9.17, 15) is 9.90 Å². The van der Waals surface area contributed by atoms with E-state index < -0.39 is 6.10 Å². The number of carbonyl (C=O) groups is 1. The maximum Gasteiger partial charge on any atom is 0.251 e. The molecule has 2 aromatic carbocycles. The zero-order valence-electron chi connectivity index (χ0n) is 14.7. The number of benzene rings is 2. The van der Waals surface area contributed by atoms with Gasteiger partial charge in [-0.25, -0.2) is 4.68 Å². The van der Waals surface area contributed by atoms with Gasteiger partial charge in [-0.15, -0.1) is 5.10 Å². The molecule has 0 aliphatic carbocycles. The van der Waals surface area contributed by atoms with Gasteiger partial charge in [0.05, 0.1) is 11.8 Å². The average Bonchev–Trinajstić information content (AvgIpc) is 3.21. The zero-order valence-corrected chi connectivity index (χ0v) is 14.7. The van der Waals surface area contributed by atoms with E-state index in [2.05, 4.69) is 34.7 Å². The van der Waals surface area contributed by atoms with Crippen LogP contribution in [0.15, 0.2) is 54.9 Å². The number of amides is 1. The molecule has 0 aliphatic heterocycles. The molecule has 2 N–H and O–H groups in total. The number of aromatic nitrogens is 4. The summed E-state index contributed by atoms with van der Waals surface area (Å²) in [5, 5.41) is 24.0. The fourth-order valence-electron chi connectivity index (χ4n) is 2.58. The lowest BCUT2D eigenvalue weighted by molar-refractivity contribution is 0.0916. The van der Waals surface area contributed by atoms with Crippen LogP contribution >= 0.6 is 0 Å². The number of hydrogen-bond donors (Lipinski definition) is 2. The summed E-state index contributed by atoms with van der Waals surface area (Å²) in [5.41, 5.74) is 3.15. The number of nitrogens with one attached hydrogen (secondary N) is 1. The van der Waals surface area contributed by atoms with Gasteiger partial charge >= 0.3 is 0 Å². The first kappa shape index (κ1) is 17.8. The maximum atomic E-state index is 12.4. The molecule has 0 aliphatic rings. The number of nitrogens with zero attached hydrogens (tertiary/aromatic N) is 4. The standard InChI is InChI=1S/C19H21N5O2/c1-13(2)14-6-8-15(9-7-14)18(25)11-20-19(26)16-4-3-5-17(10-16)24-12-21-22-23-24/h3-10,12-13,18,25H,11H2,1-2H3,(H,20,26). The van der Waals surface area contributed by atoms with Crippen LogP contribution in [0.4, 0.5) is 0 Å². The molecule has 1 atom stereocenters. The Bertz CT molecular complexity index is 860. The molecule has 7 nitrogen and oxygen atoms in total. The number of tetrazole rings is 1. The molecule has 0 saturated heterocycles. The summed E-state index contributed by atoms with van der Waals surface area (Å²) >= 11 is 0. The molecule has 0 bridgehead atoms. The summed E-state index contributed by atoms with van der Waals surface area (Å²) in [6.07, 6.45) is 0.699. The van der Waals surface area contributed by atoms with Crippen LogP contribution < -0.4 is 5.32 Å². The van der Waals surface area contributed by atoms with Gasteiger partial charge in [-0.1, -0.05) is 44.2 Å². The lowest BCUT2D eigenvalue weighted by Crippen LogP contribution is -2.28. The minimum Gasteiger partial charge on any atom is -0.387 e. The van der Waals surface area contributed by atoms with Crippen LogP contribution in [0.3, 0.4) is 0 Å². The molecule has 0 radical (unpaired) electrons. The quantitative estimate of drug-likeness (QED) is 0.710. The Kier molecular flexibility index (Phi) is 5.38. The highest BCUT2D eigenvalue weighted by molar-refractivity contribution is 5.94. The van der Waals surface area contributed by atoms with Gasteiger partial charge in [0.25, 0.3) is 5.91 Å². The summed E-state index contributed by atoms with van der Waals surface area (Å²) < 4.78 is 1.47. The van der Waals surface area contributed by atoms with Crippen molar-refractivity contribution >= 4 is 5.91 Å². The van der Waals surface area contributed by atoms with Crippen LogP contribution in [-0.2, 0) is 0 Å². The van der Waals surface area contributed by atoms with E-state index in [0.717, 1.165) is 5.56 Å². The number of rotatable bonds is 6. The lowest BCUT2D eigenvalue weighted by atomic mass is 10.00. The van der Waals surface area contributed by atoms with Gasteiger partial charge in [-0.05, 0) is 45.7 Å². The van der Waals surface area contributed by atoms with Gasteiger partial charge in [-0.2, -0.15) is 0 Å². The highest BCUT2D eigenvalue weighted by Crippen LogP contribution is 2.18. The molecular formula is C19H21N5O2. The van der Waals surface area contributed by atoms with Crippen molar-refractivity contribution in [2.24, 2.45) is 0 Å². The SMILES string of the molecule is CC(C)c1ccc(C(O)CNC(=O)c2cccc(-n3cnnn3)c2)cc1. The van der Waals surface area contributed by atoms with Gasteiger partial charge in [-0.3, -0.25) is 4.79 Å². The van der Waals surface area contributed by atoms with E-state index in [1.807, 2.05) is 24.3 Å². The van der Waals surface area contributed by atoms with Crippen molar-refractivity contribution in [2.75, 3.05) is 6.54 Å². The third-order valence-corrected chi connectivity index (χ3v) is 4.17. The van der Waals surface area contributed by atoms with E-state index in [-0.39, 0.29) is 12.5 Å². The molecule has 0 fully saturated rings. The largest absolute Gasteiger partial charge is 0.387 e. The molecule has 7 heteroatoms. The second-order valence-electron chi connectivity index (χ2n) is 6.35. The predicted octanol–water partition coefficient (Wildman–Crippen LogP) is 2.25. The van der Waals surface area contributed by atoms with Crippen LogP contribution in [0.1, 0.15) is 47.4 Å². The van der Waals surface area contributed by atoms with Crippen molar-refractivity contribution in [1.82, 2.24) is 25.5 Å². The average molecular weight is 351 g/mol. The molecule has 134 valence electrons. The Hall–Kier alpha value is -3.06. The summed E-state index contributed by atoms with van der Waals surface area (Å²) in [6, 6.07) is 14.7. The minimum absolute atomic E-state index is 0.134. The monoisotopic (exact) mass is 351 g/mol. The lowest BCUT2D eigenvalue weighted by Gasteiger charge is -2.14. The normalized spacial score (nSPS) is 12.2. The third kappa shape index (κ3) is 4.12. The maximum absolute atomic E-state index is 12.4. The summed E-state index contributed by atoms with van der Waals surface area (Å²) in [5.74, 6) is 0.172. The number of aliphatic hydroxyl groups is 1. The molecule has 1 aromatic heterocycles. The zero-order chi connectivity index (χ0) is 18.5. The van der Waals surface area contributed by atoms with E-state index in [0.29, 0.717) is 17.2 Å². The van der Waals surface area contributed by atoms with E-state index in [4.69, 9.17) is 0 Å². The Morgan fingerprint density at radius 1 is 1.15 bits per heavy atom. The third-order valence-electron chi connectivity index (χ3n) is 4.17. The van der Waals surface area contributed by atoms with Crippen molar-refractivity contribution in [2.45, 2.75) is 25.9 Å². The molecule has 0 saturated carbocycles. The van der Waals surface area contributed by atoms with Gasteiger partial charge < -0.3 is 10.4 Å². The Morgan fingerprint density at radius 2 is 1.88 bits per heavy atom. The minimum atomic E-state index is -0.761. The van der Waals surface area contributed by atoms with Crippen LogP contribution in [0.5, 0.6) is 0 Å². The van der Waals surface area contributed by atoms with Crippen molar-refractivity contribution < 1.29 is 9.90 Å². The highest BCUT2D eigenvalue weighted by Gasteiger charge is 2.12. The molecular weight excluding hydrogens is 330 g/mol. The van der Waals surface area contributed by atoms with Gasteiger partial charge in [0, 0.05) is 12.1 Å². The Morgan fingerprint density at radius 3 is 2.54 bits per heavy atom. The first-order chi connectivity index (χ1) is 12.5. The first-order valence-corrected chi connectivity index (χ1v) is 8.44. The van der Waals surface area contributed by atoms with Crippen molar-refractivity contribution in [3.05, 3.63) is 71.5 Å². The number of carbonyl (C=O) groups excluding carboxylic acids is 1. The molecule has 1 amide bonds. The predicted molar refractivity (Wildman–Crippen MR) is 97.0 cm³/mol. The van der Waals surface area contributed by atoms with Crippen molar-refractivity contribution in [3.8, 4) is 5.69 Å². The van der Waals surface area contributed by atoms with E-state index in [1.54, 1.807) is 24.3 Å². The van der Waals surface area contributed by atoms with Crippen molar-refractivity contribution in [3.63, 3.8) is 0 Å². The van der Waals surface area contributed by atoms with Crippen LogP contribution in [0.25, 0.3) is 5.69 Å². The smallest absolute Gasteiger partial charge is 0.251 e. The van der Waals surface area contributed by atoms with Crippen LogP contribution in [0.2, 0.25) is 0 Å². The summed E-state index contributed by atoms with van der Waals surface area (Å²) in [7, 11) is 0. The molecule has 3 aromatic rings. The summed E-state index contributed by atoms with van der Waals surface area (Å²) in [6.45, 7) is 4.37. The number of aliphatic hydroxyl groups excluding tert-OH is 1. The fraction of sp³-hybridized carbons (Fsp3) is 0.263. The fourth-order valence-corrected chi connectivity index (χ4v) is 2.58. The Balaban J connectivity index is 1.62. The van der Waals surface area contributed by atoms with Crippen LogP contribution in [0, 0.1) is 0 Å². The molecule has 1 heterocycles. The highest BCUT2D eigenvalue weighted by atomic mass is 16.3. The van der Waals surface area contributed by atoms with Gasteiger partial charge in [0.15, 0.2) is 0 Å². The summed E-state index contributed by atoms with van der Waals surface area (Å²) in [4.78, 5) is 12.4. The van der Waals surface area contributed by atoms with E-state index >= 15 is 0 Å². The number of hydrogen-bond acceptors (Lipinski definition) is 5.